The molecule has 5 nitrogen and oxygen atoms in total. The summed E-state index contributed by atoms with van der Waals surface area (Å²) in [5.41, 5.74) is 0. The monoisotopic (exact) mass is 182 g/mol. The Morgan fingerprint density at radius 2 is 1.77 bits per heavy atom. The second kappa shape index (κ2) is 4.61. The number of aromatic nitrogens is 2. The van der Waals surface area contributed by atoms with Gasteiger partial charge >= 0.3 is 0 Å². The SMILES string of the molecule is CNc1cc(NC)nc(COC)n1. The molecule has 0 aliphatic rings. The van der Waals surface area contributed by atoms with E-state index in [0.717, 1.165) is 11.6 Å². The molecule has 0 atom stereocenters. The molecule has 0 unspecified atom stereocenters. The Morgan fingerprint density at radius 3 is 2.15 bits per heavy atom. The lowest BCUT2D eigenvalue weighted by molar-refractivity contribution is 0.178. The minimum Gasteiger partial charge on any atom is -0.377 e. The largest absolute Gasteiger partial charge is 0.377 e. The van der Waals surface area contributed by atoms with E-state index in [9.17, 15) is 0 Å². The van der Waals surface area contributed by atoms with Crippen molar-refractivity contribution >= 4 is 11.6 Å². The van der Waals surface area contributed by atoms with E-state index in [4.69, 9.17) is 4.74 Å². The average Bonchev–Trinajstić information content (AvgIpc) is 2.17. The smallest absolute Gasteiger partial charge is 0.158 e. The molecule has 1 aromatic heterocycles. The van der Waals surface area contributed by atoms with Crippen molar-refractivity contribution in [3.63, 3.8) is 0 Å². The summed E-state index contributed by atoms with van der Waals surface area (Å²) in [6.07, 6.45) is 0. The summed E-state index contributed by atoms with van der Waals surface area (Å²) in [5, 5.41) is 5.91. The zero-order valence-corrected chi connectivity index (χ0v) is 8.09. The number of anilines is 2. The Labute approximate surface area is 77.5 Å². The van der Waals surface area contributed by atoms with Crippen LogP contribution >= 0.6 is 0 Å². The van der Waals surface area contributed by atoms with Crippen molar-refractivity contribution < 1.29 is 4.74 Å². The molecule has 0 bridgehead atoms. The van der Waals surface area contributed by atoms with E-state index in [2.05, 4.69) is 20.6 Å². The third-order valence-electron chi connectivity index (χ3n) is 1.56. The molecule has 0 aromatic carbocycles. The van der Waals surface area contributed by atoms with Crippen LogP contribution in [0, 0.1) is 0 Å². The lowest BCUT2D eigenvalue weighted by atomic mass is 10.5. The van der Waals surface area contributed by atoms with Crippen LogP contribution in [0.4, 0.5) is 11.6 Å². The zero-order valence-electron chi connectivity index (χ0n) is 8.09. The second-order valence-corrected chi connectivity index (χ2v) is 2.49. The highest BCUT2D eigenvalue weighted by molar-refractivity contribution is 5.46. The van der Waals surface area contributed by atoms with Crippen LogP contribution in [0.15, 0.2) is 6.07 Å². The molecule has 1 aromatic rings. The van der Waals surface area contributed by atoms with Crippen LogP contribution in [0.5, 0.6) is 0 Å². The van der Waals surface area contributed by atoms with Crippen molar-refractivity contribution in [2.24, 2.45) is 0 Å². The van der Waals surface area contributed by atoms with Gasteiger partial charge in [0.1, 0.15) is 18.2 Å². The highest BCUT2D eigenvalue weighted by atomic mass is 16.5. The van der Waals surface area contributed by atoms with Crippen molar-refractivity contribution in [2.75, 3.05) is 31.8 Å². The summed E-state index contributed by atoms with van der Waals surface area (Å²) in [5.74, 6) is 2.23. The number of ether oxygens (including phenoxy) is 1. The minimum absolute atomic E-state index is 0.421. The van der Waals surface area contributed by atoms with Crippen LogP contribution < -0.4 is 10.6 Å². The number of nitrogens with zero attached hydrogens (tertiary/aromatic N) is 2. The Balaban J connectivity index is 2.93. The van der Waals surface area contributed by atoms with Gasteiger partial charge < -0.3 is 15.4 Å². The standard InChI is InChI=1S/C8H14N4O/c1-9-6-4-7(10-2)12-8(11-6)5-13-3/h4H,5H2,1-3H3,(H2,9,10,11,12). The lowest BCUT2D eigenvalue weighted by Gasteiger charge is -2.06. The molecule has 0 aliphatic carbocycles. The summed E-state index contributed by atoms with van der Waals surface area (Å²) >= 11 is 0. The second-order valence-electron chi connectivity index (χ2n) is 2.49. The van der Waals surface area contributed by atoms with Crippen LogP contribution in [0.25, 0.3) is 0 Å². The quantitative estimate of drug-likeness (QED) is 0.718. The predicted molar refractivity (Wildman–Crippen MR) is 51.8 cm³/mol. The summed E-state index contributed by atoms with van der Waals surface area (Å²) in [6.45, 7) is 0.421. The first-order chi connectivity index (χ1) is 6.30. The van der Waals surface area contributed by atoms with Crippen molar-refractivity contribution in [2.45, 2.75) is 6.61 Å². The third-order valence-corrected chi connectivity index (χ3v) is 1.56. The van der Waals surface area contributed by atoms with E-state index in [1.165, 1.54) is 0 Å². The molecule has 1 rings (SSSR count). The van der Waals surface area contributed by atoms with Gasteiger partial charge in [0.15, 0.2) is 5.82 Å². The number of nitrogens with one attached hydrogen (secondary N) is 2. The van der Waals surface area contributed by atoms with Gasteiger partial charge in [-0.15, -0.1) is 0 Å². The zero-order chi connectivity index (χ0) is 9.68. The van der Waals surface area contributed by atoms with Crippen LogP contribution in [-0.4, -0.2) is 31.2 Å². The molecule has 13 heavy (non-hydrogen) atoms. The van der Waals surface area contributed by atoms with Gasteiger partial charge in [-0.3, -0.25) is 0 Å². The maximum Gasteiger partial charge on any atom is 0.158 e. The molecule has 0 fully saturated rings. The fraction of sp³-hybridized carbons (Fsp3) is 0.500. The van der Waals surface area contributed by atoms with Gasteiger partial charge in [-0.1, -0.05) is 0 Å². The topological polar surface area (TPSA) is 59.1 Å². The summed E-state index contributed by atoms with van der Waals surface area (Å²) in [7, 11) is 5.26. The predicted octanol–water partition coefficient (Wildman–Crippen LogP) is 0.706. The molecule has 0 spiro atoms. The minimum atomic E-state index is 0.421. The molecule has 72 valence electrons. The first-order valence-electron chi connectivity index (χ1n) is 4.02. The number of hydrogen-bond acceptors (Lipinski definition) is 5. The van der Waals surface area contributed by atoms with Gasteiger partial charge in [0.05, 0.1) is 0 Å². The van der Waals surface area contributed by atoms with Gasteiger partial charge in [0.2, 0.25) is 0 Å². The van der Waals surface area contributed by atoms with Crippen molar-refractivity contribution in [1.82, 2.24) is 9.97 Å². The lowest BCUT2D eigenvalue weighted by Crippen LogP contribution is -2.04. The summed E-state index contributed by atoms with van der Waals surface area (Å²) in [4.78, 5) is 8.40. The van der Waals surface area contributed by atoms with E-state index >= 15 is 0 Å². The third kappa shape index (κ3) is 2.55. The molecular weight excluding hydrogens is 168 g/mol. The van der Waals surface area contributed by atoms with Gasteiger partial charge in [0, 0.05) is 27.3 Å². The van der Waals surface area contributed by atoms with E-state index < -0.39 is 0 Å². The van der Waals surface area contributed by atoms with E-state index in [1.807, 2.05) is 20.2 Å². The molecule has 0 aliphatic heterocycles. The van der Waals surface area contributed by atoms with Gasteiger partial charge in [-0.2, -0.15) is 0 Å². The van der Waals surface area contributed by atoms with Gasteiger partial charge in [-0.25, -0.2) is 9.97 Å². The molecule has 5 heteroatoms. The van der Waals surface area contributed by atoms with Crippen LogP contribution in [-0.2, 0) is 11.3 Å². The number of hydrogen-bond donors (Lipinski definition) is 2. The number of methoxy groups -OCH3 is 1. The van der Waals surface area contributed by atoms with Crippen LogP contribution in [0.1, 0.15) is 5.82 Å². The molecule has 2 N–H and O–H groups in total. The summed E-state index contributed by atoms with van der Waals surface area (Å²) in [6, 6.07) is 1.83. The first-order valence-corrected chi connectivity index (χ1v) is 4.02. The maximum absolute atomic E-state index is 4.95. The molecule has 0 saturated carbocycles. The van der Waals surface area contributed by atoms with E-state index in [0.29, 0.717) is 12.4 Å². The van der Waals surface area contributed by atoms with Crippen LogP contribution in [0.3, 0.4) is 0 Å². The Bertz CT molecular complexity index is 255. The number of rotatable bonds is 4. The van der Waals surface area contributed by atoms with Crippen molar-refractivity contribution in [3.05, 3.63) is 11.9 Å². The fourth-order valence-corrected chi connectivity index (χ4v) is 0.947. The molecule has 0 radical (unpaired) electrons. The Kier molecular flexibility index (Phi) is 3.45. The molecule has 1 heterocycles. The highest BCUT2D eigenvalue weighted by Gasteiger charge is 2.01. The molecule has 0 amide bonds. The van der Waals surface area contributed by atoms with Gasteiger partial charge in [-0.05, 0) is 0 Å². The van der Waals surface area contributed by atoms with Crippen molar-refractivity contribution in [1.29, 1.82) is 0 Å². The molecule has 0 saturated heterocycles. The fourth-order valence-electron chi connectivity index (χ4n) is 0.947. The van der Waals surface area contributed by atoms with Crippen molar-refractivity contribution in [3.8, 4) is 0 Å². The van der Waals surface area contributed by atoms with E-state index in [1.54, 1.807) is 7.11 Å². The summed E-state index contributed by atoms with van der Waals surface area (Å²) < 4.78 is 4.95. The maximum atomic E-state index is 4.95. The Hall–Kier alpha value is -1.36. The average molecular weight is 182 g/mol. The highest BCUT2D eigenvalue weighted by Crippen LogP contribution is 2.10. The van der Waals surface area contributed by atoms with E-state index in [-0.39, 0.29) is 0 Å². The first kappa shape index (κ1) is 9.73. The van der Waals surface area contributed by atoms with Gasteiger partial charge in [0.25, 0.3) is 0 Å². The molecular formula is C8H14N4O. The normalized spacial score (nSPS) is 9.77. The van der Waals surface area contributed by atoms with Crippen LogP contribution in [0.2, 0.25) is 0 Å². The Morgan fingerprint density at radius 1 is 1.23 bits per heavy atom.